The van der Waals surface area contributed by atoms with Crippen molar-refractivity contribution in [2.75, 3.05) is 6.61 Å². The summed E-state index contributed by atoms with van der Waals surface area (Å²) in [5, 5.41) is 21.0. The molecule has 0 bridgehead atoms. The quantitative estimate of drug-likeness (QED) is 0.304. The summed E-state index contributed by atoms with van der Waals surface area (Å²) in [6.45, 7) is -0.422. The molecule has 2 N–H and O–H groups in total. The van der Waals surface area contributed by atoms with Crippen LogP contribution in [0, 0.1) is 18.5 Å². The molecule has 138 valence electrons. The summed E-state index contributed by atoms with van der Waals surface area (Å²) >= 11 is 4.09. The minimum atomic E-state index is -1.05. The average Bonchev–Trinajstić information content (AvgIpc) is 2.59. The third-order valence-corrected chi connectivity index (χ3v) is 5.58. The SMILES string of the molecule is N#C/C(=C/c1cc(I)c(OCC(=O)O)c(I)c1)C(=O)NC1CCCCC1. The zero-order chi connectivity index (χ0) is 19.1. The number of amides is 1. The van der Waals surface area contributed by atoms with Crippen LogP contribution in [0.5, 0.6) is 5.75 Å². The maximum absolute atomic E-state index is 12.4. The summed E-state index contributed by atoms with van der Waals surface area (Å²) in [7, 11) is 0. The molecule has 0 spiro atoms. The maximum atomic E-state index is 12.4. The smallest absolute Gasteiger partial charge is 0.341 e. The highest BCUT2D eigenvalue weighted by atomic mass is 127. The Balaban J connectivity index is 2.16. The molecule has 0 atom stereocenters. The molecule has 6 nitrogen and oxygen atoms in total. The number of benzene rings is 1. The molecule has 1 amide bonds. The van der Waals surface area contributed by atoms with Gasteiger partial charge in [0.2, 0.25) is 0 Å². The van der Waals surface area contributed by atoms with Crippen molar-refractivity contribution >= 4 is 63.1 Å². The lowest BCUT2D eigenvalue weighted by Gasteiger charge is -2.22. The van der Waals surface area contributed by atoms with Crippen molar-refractivity contribution in [1.29, 1.82) is 5.26 Å². The van der Waals surface area contributed by atoms with Crippen molar-refractivity contribution in [3.05, 3.63) is 30.4 Å². The third-order valence-electron chi connectivity index (χ3n) is 3.98. The highest BCUT2D eigenvalue weighted by Gasteiger charge is 2.18. The Kier molecular flexibility index (Phi) is 8.15. The second kappa shape index (κ2) is 10.1. The van der Waals surface area contributed by atoms with E-state index in [2.05, 4.69) is 5.32 Å². The van der Waals surface area contributed by atoms with Crippen LogP contribution in [0.1, 0.15) is 37.7 Å². The van der Waals surface area contributed by atoms with Crippen LogP contribution in [0.15, 0.2) is 17.7 Å². The van der Waals surface area contributed by atoms with Crippen molar-refractivity contribution in [2.45, 2.75) is 38.1 Å². The minimum Gasteiger partial charge on any atom is -0.480 e. The van der Waals surface area contributed by atoms with Crippen LogP contribution in [0.25, 0.3) is 6.08 Å². The lowest BCUT2D eigenvalue weighted by atomic mass is 9.95. The van der Waals surface area contributed by atoms with E-state index in [0.717, 1.165) is 25.7 Å². The van der Waals surface area contributed by atoms with Crippen LogP contribution < -0.4 is 10.1 Å². The monoisotopic (exact) mass is 580 g/mol. The van der Waals surface area contributed by atoms with E-state index in [1.807, 2.05) is 51.3 Å². The van der Waals surface area contributed by atoms with Gasteiger partial charge in [-0.15, -0.1) is 0 Å². The van der Waals surface area contributed by atoms with Gasteiger partial charge < -0.3 is 15.2 Å². The lowest BCUT2D eigenvalue weighted by Crippen LogP contribution is -2.36. The first-order chi connectivity index (χ1) is 12.4. The fourth-order valence-electron chi connectivity index (χ4n) is 2.76. The van der Waals surface area contributed by atoms with Crippen molar-refractivity contribution in [2.24, 2.45) is 0 Å². The lowest BCUT2D eigenvalue weighted by molar-refractivity contribution is -0.139. The van der Waals surface area contributed by atoms with E-state index in [0.29, 0.717) is 18.5 Å². The van der Waals surface area contributed by atoms with E-state index >= 15 is 0 Å². The van der Waals surface area contributed by atoms with Crippen molar-refractivity contribution in [3.63, 3.8) is 0 Å². The first-order valence-corrected chi connectivity index (χ1v) is 10.3. The Labute approximate surface area is 179 Å². The number of carbonyl (C=O) groups excluding carboxylic acids is 1. The highest BCUT2D eigenvalue weighted by Crippen LogP contribution is 2.30. The number of carboxylic acid groups (broad SMARTS) is 1. The topological polar surface area (TPSA) is 99.4 Å². The van der Waals surface area contributed by atoms with E-state index in [1.54, 1.807) is 18.2 Å². The Morgan fingerprint density at radius 2 is 1.88 bits per heavy atom. The largest absolute Gasteiger partial charge is 0.480 e. The van der Waals surface area contributed by atoms with Gasteiger partial charge in [-0.1, -0.05) is 19.3 Å². The molecule has 1 fully saturated rings. The highest BCUT2D eigenvalue weighted by molar-refractivity contribution is 14.1. The molecule has 2 rings (SSSR count). The number of nitriles is 1. The second-order valence-electron chi connectivity index (χ2n) is 5.97. The summed E-state index contributed by atoms with van der Waals surface area (Å²) < 4.78 is 6.71. The Morgan fingerprint density at radius 1 is 1.27 bits per heavy atom. The van der Waals surface area contributed by atoms with Gasteiger partial charge >= 0.3 is 5.97 Å². The molecule has 8 heteroatoms. The average molecular weight is 580 g/mol. The normalized spacial score (nSPS) is 15.2. The van der Waals surface area contributed by atoms with E-state index in [9.17, 15) is 14.9 Å². The molecule has 0 aromatic heterocycles. The predicted molar refractivity (Wildman–Crippen MR) is 114 cm³/mol. The first-order valence-electron chi connectivity index (χ1n) is 8.17. The number of carboxylic acids is 1. The van der Waals surface area contributed by atoms with Gasteiger partial charge in [-0.25, -0.2) is 4.79 Å². The number of nitrogens with one attached hydrogen (secondary N) is 1. The number of halogens is 2. The summed E-state index contributed by atoms with van der Waals surface area (Å²) in [6.07, 6.45) is 6.85. The molecule has 0 saturated heterocycles. The van der Waals surface area contributed by atoms with Crippen molar-refractivity contribution in [3.8, 4) is 11.8 Å². The Bertz CT molecular complexity index is 742. The fourth-order valence-corrected chi connectivity index (χ4v) is 4.89. The van der Waals surface area contributed by atoms with Crippen molar-refractivity contribution < 1.29 is 19.4 Å². The van der Waals surface area contributed by atoms with E-state index in [-0.39, 0.29) is 17.5 Å². The van der Waals surface area contributed by atoms with Gasteiger partial charge in [0, 0.05) is 6.04 Å². The zero-order valence-corrected chi connectivity index (χ0v) is 18.2. The third kappa shape index (κ3) is 6.12. The first kappa shape index (κ1) is 21.0. The minimum absolute atomic E-state index is 0.0568. The van der Waals surface area contributed by atoms with Gasteiger partial charge in [0.25, 0.3) is 5.91 Å². The van der Waals surface area contributed by atoms with E-state index < -0.39 is 12.6 Å². The molecule has 26 heavy (non-hydrogen) atoms. The number of aliphatic carboxylic acids is 1. The van der Waals surface area contributed by atoms with Gasteiger partial charge in [-0.3, -0.25) is 4.79 Å². The maximum Gasteiger partial charge on any atom is 0.341 e. The summed E-state index contributed by atoms with van der Waals surface area (Å²) in [4.78, 5) is 23.0. The number of hydrogen-bond donors (Lipinski definition) is 2. The fraction of sp³-hybridized carbons (Fsp3) is 0.389. The van der Waals surface area contributed by atoms with Crippen LogP contribution in [-0.4, -0.2) is 29.6 Å². The number of rotatable bonds is 6. The molecule has 0 radical (unpaired) electrons. The van der Waals surface area contributed by atoms with E-state index in [1.165, 1.54) is 6.42 Å². The molecular weight excluding hydrogens is 562 g/mol. The van der Waals surface area contributed by atoms with E-state index in [4.69, 9.17) is 9.84 Å². The number of nitrogens with zero attached hydrogens (tertiary/aromatic N) is 1. The molecule has 1 aromatic rings. The van der Waals surface area contributed by atoms with Crippen LogP contribution in [0.2, 0.25) is 0 Å². The van der Waals surface area contributed by atoms with Gasteiger partial charge in [-0.2, -0.15) is 5.26 Å². The molecule has 0 aliphatic heterocycles. The number of carbonyl (C=O) groups is 2. The molecule has 1 aromatic carbocycles. The van der Waals surface area contributed by atoms with Crippen LogP contribution in [0.3, 0.4) is 0 Å². The molecule has 0 heterocycles. The van der Waals surface area contributed by atoms with Gasteiger partial charge in [-0.05, 0) is 81.8 Å². The Morgan fingerprint density at radius 3 is 2.42 bits per heavy atom. The second-order valence-corrected chi connectivity index (χ2v) is 8.30. The number of ether oxygens (including phenoxy) is 1. The number of hydrogen-bond acceptors (Lipinski definition) is 4. The summed E-state index contributed by atoms with van der Waals surface area (Å²) in [6, 6.07) is 5.62. The zero-order valence-electron chi connectivity index (χ0n) is 13.9. The van der Waals surface area contributed by atoms with Crippen LogP contribution in [0.4, 0.5) is 0 Å². The standard InChI is InChI=1S/C18H18I2N2O4/c19-14-7-11(8-15(20)17(14)26-10-16(23)24)6-12(9-21)18(25)22-13-4-2-1-3-5-13/h6-8,13H,1-5,10H2,(H,22,25)(H,23,24)/b12-6-. The summed E-state index contributed by atoms with van der Waals surface area (Å²) in [5.74, 6) is -0.918. The van der Waals surface area contributed by atoms with Gasteiger partial charge in [0.1, 0.15) is 17.4 Å². The molecule has 1 aliphatic carbocycles. The van der Waals surface area contributed by atoms with Gasteiger partial charge in [0.15, 0.2) is 6.61 Å². The van der Waals surface area contributed by atoms with Crippen LogP contribution >= 0.6 is 45.2 Å². The molecule has 0 unspecified atom stereocenters. The predicted octanol–water partition coefficient (Wildman–Crippen LogP) is 3.72. The molecular formula is C18H18I2N2O4. The Hall–Kier alpha value is -1.35. The van der Waals surface area contributed by atoms with Crippen LogP contribution in [-0.2, 0) is 9.59 Å². The van der Waals surface area contributed by atoms with Crippen molar-refractivity contribution in [1.82, 2.24) is 5.32 Å². The summed E-state index contributed by atoms with van der Waals surface area (Å²) in [5.41, 5.74) is 0.748. The molecule has 1 saturated carbocycles. The van der Waals surface area contributed by atoms with Gasteiger partial charge in [0.05, 0.1) is 7.14 Å². The molecule has 1 aliphatic rings.